The normalized spacial score (nSPS) is 16.7. The molecule has 0 spiro atoms. The average molecular weight is 365 g/mol. The molecule has 0 amide bonds. The molecule has 1 aliphatic heterocycles. The minimum Gasteiger partial charge on any atom is -0.464 e. The highest BCUT2D eigenvalue weighted by molar-refractivity contribution is 7.89. The number of esters is 1. The summed E-state index contributed by atoms with van der Waals surface area (Å²) in [6.45, 7) is 2.37. The molecule has 0 aliphatic carbocycles. The molecule has 9 nitrogen and oxygen atoms in total. The first-order valence-corrected chi connectivity index (χ1v) is 9.21. The summed E-state index contributed by atoms with van der Waals surface area (Å²) in [5, 5.41) is 7.64. The fourth-order valence-electron chi connectivity index (χ4n) is 2.62. The van der Waals surface area contributed by atoms with Gasteiger partial charge in [-0.3, -0.25) is 4.90 Å². The van der Waals surface area contributed by atoms with Crippen LogP contribution in [0.5, 0.6) is 0 Å². The molecule has 1 fully saturated rings. The van der Waals surface area contributed by atoms with Crippen LogP contribution < -0.4 is 0 Å². The van der Waals surface area contributed by atoms with Crippen molar-refractivity contribution < 1.29 is 17.9 Å². The van der Waals surface area contributed by atoms with E-state index in [2.05, 4.69) is 15.0 Å². The maximum absolute atomic E-state index is 12.6. The van der Waals surface area contributed by atoms with Crippen LogP contribution in [-0.4, -0.2) is 71.9 Å². The summed E-state index contributed by atoms with van der Waals surface area (Å²) >= 11 is 0. The van der Waals surface area contributed by atoms with Crippen LogP contribution in [0.15, 0.2) is 41.4 Å². The van der Waals surface area contributed by atoms with Crippen molar-refractivity contribution in [2.24, 2.45) is 0 Å². The lowest BCUT2D eigenvalue weighted by molar-refractivity contribution is 0.0593. The molecule has 0 unspecified atom stereocenters. The second kappa shape index (κ2) is 7.30. The fraction of sp³-hybridized carbons (Fsp3) is 0.400. The predicted octanol–water partition coefficient (Wildman–Crippen LogP) is 0.0287. The van der Waals surface area contributed by atoms with Crippen LogP contribution in [0.4, 0.5) is 0 Å². The van der Waals surface area contributed by atoms with E-state index < -0.39 is 16.0 Å². The largest absolute Gasteiger partial charge is 0.464 e. The van der Waals surface area contributed by atoms with Gasteiger partial charge in [0, 0.05) is 26.2 Å². The number of ether oxygens (including phenoxy) is 1. The van der Waals surface area contributed by atoms with Crippen LogP contribution in [0.2, 0.25) is 0 Å². The zero-order valence-corrected chi connectivity index (χ0v) is 14.6. The number of benzene rings is 1. The number of hydrogen-bond donors (Lipinski definition) is 0. The van der Waals surface area contributed by atoms with Crippen molar-refractivity contribution in [3.05, 3.63) is 42.2 Å². The number of carbonyl (C=O) groups is 1. The minimum absolute atomic E-state index is 0.146. The van der Waals surface area contributed by atoms with Gasteiger partial charge in [0.2, 0.25) is 10.0 Å². The van der Waals surface area contributed by atoms with Gasteiger partial charge in [-0.25, -0.2) is 17.9 Å². The number of hydrogen-bond acceptors (Lipinski definition) is 7. The highest BCUT2D eigenvalue weighted by Gasteiger charge is 2.28. The first-order valence-electron chi connectivity index (χ1n) is 7.77. The Bertz CT molecular complexity index is 829. The van der Waals surface area contributed by atoms with Crippen molar-refractivity contribution in [1.29, 1.82) is 0 Å². The first kappa shape index (κ1) is 17.5. The van der Waals surface area contributed by atoms with Gasteiger partial charge in [-0.2, -0.15) is 4.31 Å². The molecule has 1 aromatic carbocycles. The van der Waals surface area contributed by atoms with Gasteiger partial charge in [-0.05, 0) is 12.1 Å². The van der Waals surface area contributed by atoms with E-state index in [1.807, 2.05) is 4.90 Å². The van der Waals surface area contributed by atoms with Gasteiger partial charge in [0.25, 0.3) is 0 Å². The van der Waals surface area contributed by atoms with Gasteiger partial charge < -0.3 is 4.74 Å². The molecule has 10 heteroatoms. The van der Waals surface area contributed by atoms with Gasteiger partial charge in [-0.15, -0.1) is 5.10 Å². The van der Waals surface area contributed by atoms with Crippen LogP contribution in [0, 0.1) is 0 Å². The zero-order chi connectivity index (χ0) is 17.9. The van der Waals surface area contributed by atoms with E-state index in [0.29, 0.717) is 37.7 Å². The molecule has 25 heavy (non-hydrogen) atoms. The van der Waals surface area contributed by atoms with E-state index in [4.69, 9.17) is 0 Å². The number of rotatable bonds is 5. The molecule has 0 atom stereocenters. The third kappa shape index (κ3) is 3.86. The summed E-state index contributed by atoms with van der Waals surface area (Å²) in [5.41, 5.74) is 0.146. The molecular formula is C15H19N5O4S. The van der Waals surface area contributed by atoms with Crippen molar-refractivity contribution >= 4 is 16.0 Å². The lowest BCUT2D eigenvalue weighted by atomic mass is 10.4. The highest BCUT2D eigenvalue weighted by Crippen LogP contribution is 2.17. The van der Waals surface area contributed by atoms with E-state index in [9.17, 15) is 13.2 Å². The Balaban J connectivity index is 1.59. The monoisotopic (exact) mass is 365 g/mol. The molecule has 134 valence electrons. The van der Waals surface area contributed by atoms with Crippen LogP contribution in [0.3, 0.4) is 0 Å². The summed E-state index contributed by atoms with van der Waals surface area (Å²) in [4.78, 5) is 13.7. The lowest BCUT2D eigenvalue weighted by Crippen LogP contribution is -2.48. The average Bonchev–Trinajstić information content (AvgIpc) is 3.11. The number of sulfonamides is 1. The quantitative estimate of drug-likeness (QED) is 0.690. The van der Waals surface area contributed by atoms with E-state index in [-0.39, 0.29) is 5.69 Å². The van der Waals surface area contributed by atoms with Gasteiger partial charge >= 0.3 is 5.97 Å². The Morgan fingerprint density at radius 3 is 2.48 bits per heavy atom. The van der Waals surface area contributed by atoms with Gasteiger partial charge in [-0.1, -0.05) is 23.4 Å². The summed E-state index contributed by atoms with van der Waals surface area (Å²) in [6, 6.07) is 8.42. The van der Waals surface area contributed by atoms with Crippen molar-refractivity contribution in [2.45, 2.75) is 11.6 Å². The fourth-order valence-corrected chi connectivity index (χ4v) is 4.07. The summed E-state index contributed by atoms with van der Waals surface area (Å²) in [6.07, 6.45) is 1.51. The standard InChI is InChI=1S/C15H19N5O4S/c1-24-15(21)14-11-19(17-16-14)12-18-7-9-20(10-8-18)25(22,23)13-5-3-2-4-6-13/h2-6,11H,7-10,12H2,1H3. The number of carbonyl (C=O) groups excluding carboxylic acids is 1. The van der Waals surface area contributed by atoms with E-state index in [1.54, 1.807) is 30.3 Å². The molecule has 1 aliphatic rings. The molecule has 1 saturated heterocycles. The number of aromatic nitrogens is 3. The van der Waals surface area contributed by atoms with Crippen molar-refractivity contribution in [2.75, 3.05) is 33.3 Å². The molecule has 0 saturated carbocycles. The lowest BCUT2D eigenvalue weighted by Gasteiger charge is -2.33. The molecule has 0 N–H and O–H groups in total. The summed E-state index contributed by atoms with van der Waals surface area (Å²) in [7, 11) is -2.17. The van der Waals surface area contributed by atoms with Crippen molar-refractivity contribution in [1.82, 2.24) is 24.2 Å². The molecule has 0 bridgehead atoms. The first-order chi connectivity index (χ1) is 12.0. The van der Waals surface area contributed by atoms with E-state index >= 15 is 0 Å². The van der Waals surface area contributed by atoms with Gasteiger partial charge in [0.15, 0.2) is 5.69 Å². The Morgan fingerprint density at radius 2 is 1.84 bits per heavy atom. The second-order valence-electron chi connectivity index (χ2n) is 5.61. The minimum atomic E-state index is -3.46. The third-order valence-corrected chi connectivity index (χ3v) is 5.90. The Kier molecular flexibility index (Phi) is 5.11. The summed E-state index contributed by atoms with van der Waals surface area (Å²) in [5.74, 6) is -0.537. The SMILES string of the molecule is COC(=O)c1cn(CN2CCN(S(=O)(=O)c3ccccc3)CC2)nn1. The van der Waals surface area contributed by atoms with Crippen LogP contribution in [0.1, 0.15) is 10.5 Å². The maximum atomic E-state index is 12.6. The molecule has 3 rings (SSSR count). The van der Waals surface area contributed by atoms with Crippen LogP contribution in [-0.2, 0) is 21.4 Å². The number of piperazine rings is 1. The van der Waals surface area contributed by atoms with Gasteiger partial charge in [0.1, 0.15) is 0 Å². The van der Waals surface area contributed by atoms with Crippen LogP contribution >= 0.6 is 0 Å². The Hall–Kier alpha value is -2.30. The molecule has 0 radical (unpaired) electrons. The van der Waals surface area contributed by atoms with Gasteiger partial charge in [0.05, 0.1) is 24.9 Å². The number of methoxy groups -OCH3 is 1. The number of nitrogens with zero attached hydrogens (tertiary/aromatic N) is 5. The smallest absolute Gasteiger partial charge is 0.360 e. The van der Waals surface area contributed by atoms with E-state index in [0.717, 1.165) is 0 Å². The molecule has 2 heterocycles. The highest BCUT2D eigenvalue weighted by atomic mass is 32.2. The Morgan fingerprint density at radius 1 is 1.16 bits per heavy atom. The molecular weight excluding hydrogens is 346 g/mol. The van der Waals surface area contributed by atoms with Crippen molar-refractivity contribution in [3.63, 3.8) is 0 Å². The van der Waals surface area contributed by atoms with Crippen LogP contribution in [0.25, 0.3) is 0 Å². The molecule has 2 aromatic rings. The predicted molar refractivity (Wildman–Crippen MR) is 88.1 cm³/mol. The maximum Gasteiger partial charge on any atom is 0.360 e. The zero-order valence-electron chi connectivity index (χ0n) is 13.8. The molecule has 1 aromatic heterocycles. The topological polar surface area (TPSA) is 97.6 Å². The third-order valence-electron chi connectivity index (χ3n) is 3.99. The van der Waals surface area contributed by atoms with Crippen molar-refractivity contribution in [3.8, 4) is 0 Å². The Labute approximate surface area is 145 Å². The van der Waals surface area contributed by atoms with E-state index in [1.165, 1.54) is 22.3 Å². The second-order valence-corrected chi connectivity index (χ2v) is 7.55. The summed E-state index contributed by atoms with van der Waals surface area (Å²) < 4.78 is 32.8.